The van der Waals surface area contributed by atoms with E-state index >= 15 is 0 Å². The third-order valence-corrected chi connectivity index (χ3v) is 6.85. The molecule has 2 saturated heterocycles. The average molecular weight is 373 g/mol. The molecule has 116 valence electrons. The first-order chi connectivity index (χ1) is 10.1. The van der Waals surface area contributed by atoms with Crippen LogP contribution in [-0.4, -0.2) is 51.3 Å². The van der Waals surface area contributed by atoms with Gasteiger partial charge in [-0.2, -0.15) is 0 Å². The van der Waals surface area contributed by atoms with Gasteiger partial charge in [0.15, 0.2) is 9.84 Å². The largest absolute Gasteiger partial charge is 0.315 e. The molecule has 0 radical (unpaired) electrons. The highest BCUT2D eigenvalue weighted by Gasteiger charge is 2.35. The van der Waals surface area contributed by atoms with Crippen LogP contribution in [0.2, 0.25) is 0 Å². The van der Waals surface area contributed by atoms with Crippen LogP contribution < -0.4 is 5.32 Å². The molecule has 0 aromatic heterocycles. The Kier molecular flexibility index (Phi) is 4.69. The zero-order chi connectivity index (χ0) is 14.9. The van der Waals surface area contributed by atoms with Crippen LogP contribution in [-0.2, 0) is 9.84 Å². The van der Waals surface area contributed by atoms with Crippen molar-refractivity contribution in [2.75, 3.05) is 31.9 Å². The van der Waals surface area contributed by atoms with E-state index in [1.807, 2.05) is 0 Å². The van der Waals surface area contributed by atoms with Gasteiger partial charge in [-0.05, 0) is 56.1 Å². The third-order valence-electron chi connectivity index (χ3n) is 4.61. The molecule has 2 atom stereocenters. The number of sulfone groups is 1. The van der Waals surface area contributed by atoms with E-state index in [-0.39, 0.29) is 5.75 Å². The molecule has 0 aliphatic carbocycles. The van der Waals surface area contributed by atoms with Gasteiger partial charge in [0.05, 0.1) is 10.6 Å². The molecule has 2 aliphatic rings. The highest BCUT2D eigenvalue weighted by Crippen LogP contribution is 2.26. The van der Waals surface area contributed by atoms with Gasteiger partial charge in [-0.15, -0.1) is 0 Å². The molecular weight excluding hydrogens is 352 g/mol. The normalized spacial score (nSPS) is 26.7. The number of nitrogens with one attached hydrogen (secondary N) is 1. The Hall–Kier alpha value is -0.430. The fraction of sp³-hybridized carbons (Fsp3) is 0.600. The summed E-state index contributed by atoms with van der Waals surface area (Å²) in [6.45, 7) is 3.75. The molecule has 1 aromatic rings. The minimum atomic E-state index is -3.19. The fourth-order valence-electron chi connectivity index (χ4n) is 3.44. The van der Waals surface area contributed by atoms with E-state index in [1.54, 1.807) is 24.3 Å². The Balaban J connectivity index is 1.64. The molecule has 1 N–H and O–H groups in total. The van der Waals surface area contributed by atoms with E-state index in [2.05, 4.69) is 26.1 Å². The summed E-state index contributed by atoms with van der Waals surface area (Å²) in [4.78, 5) is 2.79. The maximum absolute atomic E-state index is 12.4. The summed E-state index contributed by atoms with van der Waals surface area (Å²) in [6.07, 6.45) is 2.45. The monoisotopic (exact) mass is 372 g/mol. The molecule has 0 amide bonds. The van der Waals surface area contributed by atoms with Gasteiger partial charge in [0.2, 0.25) is 0 Å². The third kappa shape index (κ3) is 3.50. The zero-order valence-electron chi connectivity index (χ0n) is 12.0. The van der Waals surface area contributed by atoms with E-state index in [9.17, 15) is 8.42 Å². The van der Waals surface area contributed by atoms with Crippen LogP contribution >= 0.6 is 15.9 Å². The standard InChI is InChI=1S/C15H21BrN2O2S/c16-13-3-5-14(6-4-13)21(19,20)9-8-18-7-1-2-12-10-17-11-15(12)18/h3-6,12,15,17H,1-2,7-11H2. The highest BCUT2D eigenvalue weighted by molar-refractivity contribution is 9.10. The van der Waals surface area contributed by atoms with Crippen LogP contribution in [0.4, 0.5) is 0 Å². The summed E-state index contributed by atoms with van der Waals surface area (Å²) in [5.41, 5.74) is 0. The van der Waals surface area contributed by atoms with Crippen LogP contribution in [0.25, 0.3) is 0 Å². The van der Waals surface area contributed by atoms with E-state index in [0.29, 0.717) is 23.4 Å². The Morgan fingerprint density at radius 3 is 2.76 bits per heavy atom. The Morgan fingerprint density at radius 2 is 2.00 bits per heavy atom. The quantitative estimate of drug-likeness (QED) is 0.876. The first-order valence-corrected chi connectivity index (χ1v) is 9.94. The summed E-state index contributed by atoms with van der Waals surface area (Å²) in [5.74, 6) is 0.909. The van der Waals surface area contributed by atoms with Crippen molar-refractivity contribution in [3.8, 4) is 0 Å². The van der Waals surface area contributed by atoms with Crippen molar-refractivity contribution >= 4 is 25.8 Å². The lowest BCUT2D eigenvalue weighted by Gasteiger charge is -2.36. The lowest BCUT2D eigenvalue weighted by Crippen LogP contribution is -2.46. The second-order valence-corrected chi connectivity index (χ2v) is 8.96. The fourth-order valence-corrected chi connectivity index (χ4v) is 4.96. The van der Waals surface area contributed by atoms with Crippen LogP contribution in [0, 0.1) is 5.92 Å². The molecule has 2 fully saturated rings. The van der Waals surface area contributed by atoms with Gasteiger partial charge in [-0.1, -0.05) is 15.9 Å². The summed E-state index contributed by atoms with van der Waals surface area (Å²) in [7, 11) is -3.19. The summed E-state index contributed by atoms with van der Waals surface area (Å²) in [6, 6.07) is 7.44. The van der Waals surface area contributed by atoms with Crippen LogP contribution in [0.1, 0.15) is 12.8 Å². The molecule has 6 heteroatoms. The van der Waals surface area contributed by atoms with Gasteiger partial charge in [-0.25, -0.2) is 8.42 Å². The predicted octanol–water partition coefficient (Wildman–Crippen LogP) is 1.91. The minimum absolute atomic E-state index is 0.206. The number of likely N-dealkylation sites (tertiary alicyclic amines) is 1. The van der Waals surface area contributed by atoms with Crippen molar-refractivity contribution in [1.29, 1.82) is 0 Å². The van der Waals surface area contributed by atoms with Gasteiger partial charge in [-0.3, -0.25) is 4.90 Å². The number of nitrogens with zero attached hydrogens (tertiary/aromatic N) is 1. The molecule has 0 saturated carbocycles. The van der Waals surface area contributed by atoms with Gasteiger partial charge in [0.1, 0.15) is 0 Å². The van der Waals surface area contributed by atoms with E-state index < -0.39 is 9.84 Å². The molecule has 1 aromatic carbocycles. The summed E-state index contributed by atoms with van der Waals surface area (Å²) >= 11 is 3.33. The molecule has 2 heterocycles. The topological polar surface area (TPSA) is 49.4 Å². The number of fused-ring (bicyclic) bond motifs is 1. The lowest BCUT2D eigenvalue weighted by molar-refractivity contribution is 0.133. The molecule has 0 spiro atoms. The number of benzene rings is 1. The maximum atomic E-state index is 12.4. The Morgan fingerprint density at radius 1 is 1.24 bits per heavy atom. The molecule has 2 unspecified atom stereocenters. The molecule has 0 bridgehead atoms. The van der Waals surface area contributed by atoms with Gasteiger partial charge < -0.3 is 5.32 Å². The molecule has 4 nitrogen and oxygen atoms in total. The summed E-state index contributed by atoms with van der Waals surface area (Å²) in [5, 5.41) is 3.43. The molecule has 21 heavy (non-hydrogen) atoms. The molecule has 3 rings (SSSR count). The van der Waals surface area contributed by atoms with E-state index in [1.165, 1.54) is 12.8 Å². The number of halogens is 1. The second kappa shape index (κ2) is 6.36. The van der Waals surface area contributed by atoms with Crippen molar-refractivity contribution in [3.05, 3.63) is 28.7 Å². The van der Waals surface area contributed by atoms with E-state index in [0.717, 1.165) is 24.1 Å². The van der Waals surface area contributed by atoms with Gasteiger partial charge in [0, 0.05) is 23.6 Å². The average Bonchev–Trinajstić information content (AvgIpc) is 2.94. The van der Waals surface area contributed by atoms with E-state index in [4.69, 9.17) is 0 Å². The zero-order valence-corrected chi connectivity index (χ0v) is 14.4. The molecular formula is C15H21BrN2O2S. The van der Waals surface area contributed by atoms with Crippen LogP contribution in [0.3, 0.4) is 0 Å². The van der Waals surface area contributed by atoms with Crippen LogP contribution in [0.5, 0.6) is 0 Å². The van der Waals surface area contributed by atoms with Gasteiger partial charge in [0.25, 0.3) is 0 Å². The predicted molar refractivity (Wildman–Crippen MR) is 87.1 cm³/mol. The lowest BCUT2D eigenvalue weighted by atomic mass is 9.92. The number of hydrogen-bond donors (Lipinski definition) is 1. The first kappa shape index (κ1) is 15.5. The smallest absolute Gasteiger partial charge is 0.179 e. The Bertz CT molecular complexity index is 588. The van der Waals surface area contributed by atoms with Crippen molar-refractivity contribution in [2.45, 2.75) is 23.8 Å². The summed E-state index contributed by atoms with van der Waals surface area (Å²) < 4.78 is 25.7. The first-order valence-electron chi connectivity index (χ1n) is 7.49. The van der Waals surface area contributed by atoms with Crippen LogP contribution in [0.15, 0.2) is 33.6 Å². The maximum Gasteiger partial charge on any atom is 0.179 e. The van der Waals surface area contributed by atoms with Crippen molar-refractivity contribution in [3.63, 3.8) is 0 Å². The number of hydrogen-bond acceptors (Lipinski definition) is 4. The number of piperidine rings is 1. The second-order valence-electron chi connectivity index (χ2n) is 5.94. The van der Waals surface area contributed by atoms with Crippen molar-refractivity contribution in [2.24, 2.45) is 5.92 Å². The number of rotatable bonds is 4. The van der Waals surface area contributed by atoms with Crippen molar-refractivity contribution < 1.29 is 8.42 Å². The SMILES string of the molecule is O=S(=O)(CCN1CCCC2CNCC21)c1ccc(Br)cc1. The van der Waals surface area contributed by atoms with Gasteiger partial charge >= 0.3 is 0 Å². The minimum Gasteiger partial charge on any atom is -0.315 e. The Labute approximate surface area is 135 Å². The van der Waals surface area contributed by atoms with Crippen molar-refractivity contribution in [1.82, 2.24) is 10.2 Å². The highest BCUT2D eigenvalue weighted by atomic mass is 79.9. The molecule has 2 aliphatic heterocycles.